The zero-order chi connectivity index (χ0) is 13.8. The summed E-state index contributed by atoms with van der Waals surface area (Å²) in [6, 6.07) is 5.52. The highest BCUT2D eigenvalue weighted by atomic mass is 35.5. The van der Waals surface area contributed by atoms with Crippen molar-refractivity contribution < 1.29 is 0 Å². The predicted molar refractivity (Wildman–Crippen MR) is 78.9 cm³/mol. The molecule has 0 unspecified atom stereocenters. The highest BCUT2D eigenvalue weighted by Crippen LogP contribution is 2.39. The minimum Gasteiger partial charge on any atom is -0.314 e. The lowest BCUT2D eigenvalue weighted by molar-refractivity contribution is 0.176. The molecule has 19 heavy (non-hydrogen) atoms. The van der Waals surface area contributed by atoms with E-state index in [0.29, 0.717) is 21.5 Å². The van der Waals surface area contributed by atoms with Gasteiger partial charge in [0.25, 0.3) is 0 Å². The van der Waals surface area contributed by atoms with Crippen molar-refractivity contribution in [1.82, 2.24) is 10.2 Å². The van der Waals surface area contributed by atoms with E-state index < -0.39 is 0 Å². The number of benzene rings is 1. The van der Waals surface area contributed by atoms with Crippen molar-refractivity contribution in [2.45, 2.75) is 12.5 Å². The highest BCUT2D eigenvalue weighted by molar-refractivity contribution is 6.44. The molecule has 2 rings (SSSR count). The molecular formula is C13H14Cl3N3. The van der Waals surface area contributed by atoms with E-state index in [1.807, 2.05) is 0 Å². The number of rotatable bonds is 3. The standard InChI is InChI=1S/C13H14Cl3N3/c14-9-1-2-10(15)13(16)12(9)11(3-4-17)19-7-5-18-6-8-19/h1-2,11,18H,3,5-8H2/t11-/m1/s1. The molecule has 3 nitrogen and oxygen atoms in total. The molecule has 0 radical (unpaired) electrons. The Morgan fingerprint density at radius 3 is 2.47 bits per heavy atom. The van der Waals surface area contributed by atoms with Gasteiger partial charge in [-0.2, -0.15) is 5.26 Å². The first-order valence-electron chi connectivity index (χ1n) is 6.10. The Kier molecular flexibility index (Phi) is 5.32. The molecular weight excluding hydrogens is 305 g/mol. The van der Waals surface area contributed by atoms with Gasteiger partial charge in [-0.3, -0.25) is 4.90 Å². The molecule has 1 fully saturated rings. The van der Waals surface area contributed by atoms with Gasteiger partial charge in [0, 0.05) is 36.8 Å². The molecule has 0 spiro atoms. The molecule has 1 aromatic rings. The molecule has 0 aliphatic carbocycles. The van der Waals surface area contributed by atoms with Crippen LogP contribution in [-0.2, 0) is 0 Å². The number of hydrogen-bond donors (Lipinski definition) is 1. The summed E-state index contributed by atoms with van der Waals surface area (Å²) in [7, 11) is 0. The monoisotopic (exact) mass is 317 g/mol. The van der Waals surface area contributed by atoms with Crippen molar-refractivity contribution in [2.24, 2.45) is 0 Å². The average Bonchev–Trinajstić information content (AvgIpc) is 2.43. The van der Waals surface area contributed by atoms with E-state index in [1.54, 1.807) is 12.1 Å². The molecule has 0 amide bonds. The molecule has 0 saturated carbocycles. The fourth-order valence-corrected chi connectivity index (χ4v) is 3.13. The van der Waals surface area contributed by atoms with Crippen molar-refractivity contribution in [2.75, 3.05) is 26.2 Å². The van der Waals surface area contributed by atoms with Crippen molar-refractivity contribution in [3.05, 3.63) is 32.8 Å². The summed E-state index contributed by atoms with van der Waals surface area (Å²) >= 11 is 18.6. The van der Waals surface area contributed by atoms with Gasteiger partial charge < -0.3 is 5.32 Å². The van der Waals surface area contributed by atoms with Gasteiger partial charge in [-0.15, -0.1) is 0 Å². The first-order valence-corrected chi connectivity index (χ1v) is 7.23. The quantitative estimate of drug-likeness (QED) is 0.867. The lowest BCUT2D eigenvalue weighted by Crippen LogP contribution is -2.45. The first-order chi connectivity index (χ1) is 9.15. The smallest absolute Gasteiger partial charge is 0.0655 e. The average molecular weight is 319 g/mol. The van der Waals surface area contributed by atoms with Gasteiger partial charge in [-0.1, -0.05) is 34.8 Å². The van der Waals surface area contributed by atoms with Gasteiger partial charge >= 0.3 is 0 Å². The van der Waals surface area contributed by atoms with E-state index in [9.17, 15) is 0 Å². The van der Waals surface area contributed by atoms with Crippen LogP contribution < -0.4 is 5.32 Å². The second-order valence-electron chi connectivity index (χ2n) is 4.42. The molecule has 102 valence electrons. The Hall–Kier alpha value is -0.500. The number of halogens is 3. The van der Waals surface area contributed by atoms with Crippen molar-refractivity contribution >= 4 is 34.8 Å². The largest absolute Gasteiger partial charge is 0.314 e. The molecule has 1 aliphatic rings. The normalized spacial score (nSPS) is 18.0. The summed E-state index contributed by atoms with van der Waals surface area (Å²) in [5.74, 6) is 0. The Labute approximate surface area is 128 Å². The number of hydrogen-bond acceptors (Lipinski definition) is 3. The van der Waals surface area contributed by atoms with Crippen LogP contribution in [0.3, 0.4) is 0 Å². The fourth-order valence-electron chi connectivity index (χ4n) is 2.34. The van der Waals surface area contributed by atoms with E-state index in [1.165, 1.54) is 0 Å². The minimum absolute atomic E-state index is 0.106. The zero-order valence-corrected chi connectivity index (χ0v) is 12.6. The highest BCUT2D eigenvalue weighted by Gasteiger charge is 2.26. The van der Waals surface area contributed by atoms with E-state index in [0.717, 1.165) is 31.7 Å². The van der Waals surface area contributed by atoms with E-state index in [2.05, 4.69) is 16.3 Å². The predicted octanol–water partition coefficient (Wildman–Crippen LogP) is 3.51. The van der Waals surface area contributed by atoms with Crippen LogP contribution in [0.5, 0.6) is 0 Å². The third-order valence-electron chi connectivity index (χ3n) is 3.29. The SMILES string of the molecule is N#CC[C@H](c1c(Cl)ccc(Cl)c1Cl)N1CCNCC1. The molecule has 0 bridgehead atoms. The molecule has 0 aromatic heterocycles. The van der Waals surface area contributed by atoms with Gasteiger partial charge in [-0.05, 0) is 12.1 Å². The Morgan fingerprint density at radius 1 is 1.21 bits per heavy atom. The molecule has 1 heterocycles. The number of nitriles is 1. The first kappa shape index (κ1) is 14.9. The Balaban J connectivity index is 2.38. The lowest BCUT2D eigenvalue weighted by atomic mass is 10.0. The van der Waals surface area contributed by atoms with Crippen LogP contribution in [0, 0.1) is 11.3 Å². The van der Waals surface area contributed by atoms with Gasteiger partial charge in [-0.25, -0.2) is 0 Å². The van der Waals surface area contributed by atoms with E-state index in [4.69, 9.17) is 40.1 Å². The van der Waals surface area contributed by atoms with Crippen LogP contribution in [0.4, 0.5) is 0 Å². The molecule has 1 saturated heterocycles. The maximum atomic E-state index is 9.07. The van der Waals surface area contributed by atoms with Gasteiger partial charge in [0.2, 0.25) is 0 Å². The Bertz CT molecular complexity index is 493. The zero-order valence-electron chi connectivity index (χ0n) is 10.3. The number of nitrogens with zero attached hydrogens (tertiary/aromatic N) is 2. The van der Waals surface area contributed by atoms with Crippen LogP contribution in [-0.4, -0.2) is 31.1 Å². The molecule has 1 aromatic carbocycles. The molecule has 1 atom stereocenters. The minimum atomic E-state index is -0.106. The second kappa shape index (κ2) is 6.78. The summed E-state index contributed by atoms with van der Waals surface area (Å²) in [5.41, 5.74) is 0.763. The molecule has 6 heteroatoms. The third-order valence-corrected chi connectivity index (χ3v) is 4.44. The van der Waals surface area contributed by atoms with Crippen molar-refractivity contribution in [3.8, 4) is 6.07 Å². The van der Waals surface area contributed by atoms with E-state index in [-0.39, 0.29) is 6.04 Å². The number of nitrogens with one attached hydrogen (secondary N) is 1. The molecule has 1 aliphatic heterocycles. The van der Waals surface area contributed by atoms with E-state index >= 15 is 0 Å². The summed E-state index contributed by atoms with van der Waals surface area (Å²) < 4.78 is 0. The van der Waals surface area contributed by atoms with Crippen molar-refractivity contribution in [3.63, 3.8) is 0 Å². The van der Waals surface area contributed by atoms with Crippen molar-refractivity contribution in [1.29, 1.82) is 5.26 Å². The van der Waals surface area contributed by atoms with Crippen LogP contribution in [0.2, 0.25) is 15.1 Å². The second-order valence-corrected chi connectivity index (χ2v) is 5.61. The Morgan fingerprint density at radius 2 is 1.84 bits per heavy atom. The van der Waals surface area contributed by atoms with Crippen LogP contribution >= 0.6 is 34.8 Å². The van der Waals surface area contributed by atoms with Crippen LogP contribution in [0.1, 0.15) is 18.0 Å². The topological polar surface area (TPSA) is 39.1 Å². The van der Waals surface area contributed by atoms with Crippen LogP contribution in [0.25, 0.3) is 0 Å². The van der Waals surface area contributed by atoms with Crippen LogP contribution in [0.15, 0.2) is 12.1 Å². The molecule has 1 N–H and O–H groups in total. The maximum Gasteiger partial charge on any atom is 0.0655 e. The summed E-state index contributed by atoms with van der Waals surface area (Å²) in [6.45, 7) is 3.53. The fraction of sp³-hybridized carbons (Fsp3) is 0.462. The number of piperazine rings is 1. The van der Waals surface area contributed by atoms with Gasteiger partial charge in [0.15, 0.2) is 0 Å². The summed E-state index contributed by atoms with van der Waals surface area (Å²) in [5, 5.41) is 13.8. The van der Waals surface area contributed by atoms with Gasteiger partial charge in [0.05, 0.1) is 28.6 Å². The lowest BCUT2D eigenvalue weighted by Gasteiger charge is -2.35. The maximum absolute atomic E-state index is 9.07. The third kappa shape index (κ3) is 3.34. The summed E-state index contributed by atoms with van der Waals surface area (Å²) in [6.07, 6.45) is 0.347. The summed E-state index contributed by atoms with van der Waals surface area (Å²) in [4.78, 5) is 2.23. The van der Waals surface area contributed by atoms with Gasteiger partial charge in [0.1, 0.15) is 0 Å².